The standard InChI is InChI=1S/C25H28ClN5O2/c1-4-30(5-2)15-16-33-23-14-11-19(17-21(23)26)27-25-28-24-8-6-7-22(31(24)29-25)18-9-12-20(32-3)13-10-18/h6-14,17H,4-5,15-16H2,1-3H3,(H,27,29). The molecule has 0 bridgehead atoms. The zero-order valence-electron chi connectivity index (χ0n) is 19.1. The van der Waals surface area contributed by atoms with Crippen molar-refractivity contribution in [3.8, 4) is 22.8 Å². The summed E-state index contributed by atoms with van der Waals surface area (Å²) in [5, 5.41) is 8.43. The summed E-state index contributed by atoms with van der Waals surface area (Å²) in [6.07, 6.45) is 0. The third kappa shape index (κ3) is 5.38. The van der Waals surface area contributed by atoms with Crippen molar-refractivity contribution in [2.45, 2.75) is 13.8 Å². The predicted molar refractivity (Wildman–Crippen MR) is 133 cm³/mol. The van der Waals surface area contributed by atoms with Crippen LogP contribution in [0.5, 0.6) is 11.5 Å². The number of anilines is 2. The molecule has 2 aromatic heterocycles. The topological polar surface area (TPSA) is 63.9 Å². The second-order valence-electron chi connectivity index (χ2n) is 7.49. The van der Waals surface area contributed by atoms with Gasteiger partial charge in [0.2, 0.25) is 5.95 Å². The first kappa shape index (κ1) is 22.9. The number of nitrogens with zero attached hydrogens (tertiary/aromatic N) is 4. The minimum absolute atomic E-state index is 0.488. The number of benzene rings is 2. The van der Waals surface area contributed by atoms with E-state index < -0.39 is 0 Å². The Balaban J connectivity index is 1.49. The van der Waals surface area contributed by atoms with Gasteiger partial charge in [-0.3, -0.25) is 0 Å². The van der Waals surface area contributed by atoms with Crippen LogP contribution in [0.15, 0.2) is 60.7 Å². The van der Waals surface area contributed by atoms with Gasteiger partial charge in [-0.25, -0.2) is 4.52 Å². The first-order chi connectivity index (χ1) is 16.1. The van der Waals surface area contributed by atoms with E-state index in [4.69, 9.17) is 21.1 Å². The zero-order valence-corrected chi connectivity index (χ0v) is 19.8. The van der Waals surface area contributed by atoms with Crippen LogP contribution in [0.4, 0.5) is 11.6 Å². The average molecular weight is 466 g/mol. The number of nitrogens with one attached hydrogen (secondary N) is 1. The predicted octanol–water partition coefficient (Wildman–Crippen LogP) is 5.52. The van der Waals surface area contributed by atoms with Crippen molar-refractivity contribution >= 4 is 28.9 Å². The molecular weight excluding hydrogens is 438 g/mol. The van der Waals surface area contributed by atoms with Crippen LogP contribution in [0.25, 0.3) is 16.9 Å². The average Bonchev–Trinajstić information content (AvgIpc) is 3.25. The molecular formula is C25H28ClN5O2. The Bertz CT molecular complexity index is 1210. The van der Waals surface area contributed by atoms with Crippen LogP contribution in [-0.4, -0.2) is 52.8 Å². The van der Waals surface area contributed by atoms with Crippen molar-refractivity contribution in [2.75, 3.05) is 38.7 Å². The quantitative estimate of drug-likeness (QED) is 0.332. The number of likely N-dealkylation sites (N-methyl/N-ethyl adjacent to an activating group) is 1. The summed E-state index contributed by atoms with van der Waals surface area (Å²) in [5.74, 6) is 1.96. The van der Waals surface area contributed by atoms with E-state index in [0.29, 0.717) is 23.3 Å². The van der Waals surface area contributed by atoms with Gasteiger partial charge >= 0.3 is 0 Å². The number of aromatic nitrogens is 3. The Morgan fingerprint density at radius 1 is 1.03 bits per heavy atom. The van der Waals surface area contributed by atoms with Gasteiger partial charge in [-0.1, -0.05) is 31.5 Å². The molecule has 0 aliphatic carbocycles. The minimum Gasteiger partial charge on any atom is -0.497 e. The summed E-state index contributed by atoms with van der Waals surface area (Å²) < 4.78 is 12.9. The molecule has 0 unspecified atom stereocenters. The fourth-order valence-electron chi connectivity index (χ4n) is 3.59. The van der Waals surface area contributed by atoms with Gasteiger partial charge in [0.25, 0.3) is 0 Å². The molecule has 2 heterocycles. The summed E-state index contributed by atoms with van der Waals surface area (Å²) in [5.41, 5.74) is 3.49. The van der Waals surface area contributed by atoms with E-state index in [1.807, 2.05) is 65.2 Å². The van der Waals surface area contributed by atoms with Crippen molar-refractivity contribution in [3.05, 3.63) is 65.7 Å². The Kier molecular flexibility index (Phi) is 7.32. The first-order valence-electron chi connectivity index (χ1n) is 11.0. The molecule has 7 nitrogen and oxygen atoms in total. The van der Waals surface area contributed by atoms with Crippen LogP contribution >= 0.6 is 11.6 Å². The van der Waals surface area contributed by atoms with Crippen molar-refractivity contribution in [2.24, 2.45) is 0 Å². The highest BCUT2D eigenvalue weighted by molar-refractivity contribution is 6.32. The zero-order chi connectivity index (χ0) is 23.2. The Labute approximate surface area is 198 Å². The Hall–Kier alpha value is -3.29. The van der Waals surface area contributed by atoms with Gasteiger partial charge in [0.1, 0.15) is 18.1 Å². The smallest absolute Gasteiger partial charge is 0.247 e. The SMILES string of the molecule is CCN(CC)CCOc1ccc(Nc2nc3cccc(-c4ccc(OC)cc4)n3n2)cc1Cl. The molecule has 1 N–H and O–H groups in total. The van der Waals surface area contributed by atoms with Crippen LogP contribution in [0.2, 0.25) is 5.02 Å². The maximum absolute atomic E-state index is 6.45. The summed E-state index contributed by atoms with van der Waals surface area (Å²) in [6.45, 7) is 7.75. The molecule has 0 saturated carbocycles. The highest BCUT2D eigenvalue weighted by Gasteiger charge is 2.11. The summed E-state index contributed by atoms with van der Waals surface area (Å²) in [7, 11) is 1.66. The molecule has 172 valence electrons. The molecule has 0 fully saturated rings. The van der Waals surface area contributed by atoms with Crippen molar-refractivity contribution < 1.29 is 9.47 Å². The molecule has 2 aromatic carbocycles. The Morgan fingerprint density at radius 2 is 1.82 bits per heavy atom. The van der Waals surface area contributed by atoms with Crippen molar-refractivity contribution in [3.63, 3.8) is 0 Å². The lowest BCUT2D eigenvalue weighted by molar-refractivity contribution is 0.223. The summed E-state index contributed by atoms with van der Waals surface area (Å²) >= 11 is 6.45. The van der Waals surface area contributed by atoms with Crippen molar-refractivity contribution in [1.82, 2.24) is 19.5 Å². The number of fused-ring (bicyclic) bond motifs is 1. The number of hydrogen-bond acceptors (Lipinski definition) is 6. The third-order valence-corrected chi connectivity index (χ3v) is 5.79. The summed E-state index contributed by atoms with van der Waals surface area (Å²) in [6, 6.07) is 19.4. The van der Waals surface area contributed by atoms with E-state index in [-0.39, 0.29) is 0 Å². The van der Waals surface area contributed by atoms with Crippen LogP contribution < -0.4 is 14.8 Å². The highest BCUT2D eigenvalue weighted by Crippen LogP contribution is 2.29. The van der Waals surface area contributed by atoms with Gasteiger partial charge in [0.15, 0.2) is 5.65 Å². The van der Waals surface area contributed by atoms with Crippen LogP contribution in [-0.2, 0) is 0 Å². The van der Waals surface area contributed by atoms with E-state index in [9.17, 15) is 0 Å². The van der Waals surface area contributed by atoms with Gasteiger partial charge in [-0.05, 0) is 67.7 Å². The number of halogens is 1. The maximum Gasteiger partial charge on any atom is 0.247 e. The molecule has 33 heavy (non-hydrogen) atoms. The number of ether oxygens (including phenoxy) is 2. The largest absolute Gasteiger partial charge is 0.497 e. The number of hydrogen-bond donors (Lipinski definition) is 1. The van der Waals surface area contributed by atoms with Crippen LogP contribution in [0, 0.1) is 0 Å². The molecule has 4 aromatic rings. The molecule has 0 aliphatic heterocycles. The maximum atomic E-state index is 6.45. The van der Waals surface area contributed by atoms with Gasteiger partial charge < -0.3 is 19.7 Å². The lowest BCUT2D eigenvalue weighted by Crippen LogP contribution is -2.27. The Morgan fingerprint density at radius 3 is 2.52 bits per heavy atom. The van der Waals surface area contributed by atoms with E-state index >= 15 is 0 Å². The number of methoxy groups -OCH3 is 1. The second kappa shape index (κ2) is 10.6. The molecule has 0 radical (unpaired) electrons. The second-order valence-corrected chi connectivity index (χ2v) is 7.90. The summed E-state index contributed by atoms with van der Waals surface area (Å²) in [4.78, 5) is 6.91. The van der Waals surface area contributed by atoms with E-state index in [0.717, 1.165) is 48.0 Å². The van der Waals surface area contributed by atoms with Gasteiger partial charge in [-0.2, -0.15) is 4.98 Å². The molecule has 0 atom stereocenters. The molecule has 0 aliphatic rings. The van der Waals surface area contributed by atoms with Gasteiger partial charge in [0.05, 0.1) is 17.8 Å². The highest BCUT2D eigenvalue weighted by atomic mass is 35.5. The molecule has 0 amide bonds. The first-order valence-corrected chi connectivity index (χ1v) is 11.4. The minimum atomic E-state index is 0.488. The lowest BCUT2D eigenvalue weighted by Gasteiger charge is -2.18. The van der Waals surface area contributed by atoms with Crippen LogP contribution in [0.3, 0.4) is 0 Å². The lowest BCUT2D eigenvalue weighted by atomic mass is 10.1. The fraction of sp³-hybridized carbons (Fsp3) is 0.280. The monoisotopic (exact) mass is 465 g/mol. The molecule has 8 heteroatoms. The van der Waals surface area contributed by atoms with E-state index in [2.05, 4.69) is 34.1 Å². The number of pyridine rings is 1. The van der Waals surface area contributed by atoms with E-state index in [1.54, 1.807) is 7.11 Å². The normalized spacial score (nSPS) is 11.2. The van der Waals surface area contributed by atoms with Crippen molar-refractivity contribution in [1.29, 1.82) is 0 Å². The third-order valence-electron chi connectivity index (χ3n) is 5.49. The van der Waals surface area contributed by atoms with E-state index in [1.165, 1.54) is 0 Å². The van der Waals surface area contributed by atoms with Gasteiger partial charge in [0, 0.05) is 17.8 Å². The number of rotatable bonds is 10. The fourth-order valence-corrected chi connectivity index (χ4v) is 3.82. The van der Waals surface area contributed by atoms with Gasteiger partial charge in [-0.15, -0.1) is 5.10 Å². The van der Waals surface area contributed by atoms with Crippen LogP contribution in [0.1, 0.15) is 13.8 Å². The molecule has 0 spiro atoms. The molecule has 0 saturated heterocycles. The molecule has 4 rings (SSSR count).